The molecule has 0 saturated carbocycles. The molecule has 1 aliphatic rings. The van der Waals surface area contributed by atoms with Crippen LogP contribution in [0, 0.1) is 24.0 Å². The monoisotopic (exact) mass is 452 g/mol. The zero-order chi connectivity index (χ0) is 23.8. The Labute approximate surface area is 196 Å². The van der Waals surface area contributed by atoms with Crippen LogP contribution in [-0.2, 0) is 22.4 Å². The minimum Gasteiger partial charge on any atom is -0.367 e. The lowest BCUT2D eigenvalue weighted by Gasteiger charge is -2.09. The van der Waals surface area contributed by atoms with Gasteiger partial charge in [0.1, 0.15) is 6.10 Å². The second-order valence-corrected chi connectivity index (χ2v) is 9.24. The zero-order valence-electron chi connectivity index (χ0n) is 19.8. The van der Waals surface area contributed by atoms with Crippen LogP contribution in [0.4, 0.5) is 5.69 Å². The Kier molecular flexibility index (Phi) is 9.01. The van der Waals surface area contributed by atoms with Crippen LogP contribution in [0.3, 0.4) is 0 Å². The summed E-state index contributed by atoms with van der Waals surface area (Å²) in [6, 6.07) is 11.7. The third kappa shape index (κ3) is 7.13. The number of nitro benzene ring substituents is 1. The number of aryl methyl sites for hydroxylation is 3. The summed E-state index contributed by atoms with van der Waals surface area (Å²) in [6.45, 7) is 4.33. The molecule has 0 spiro atoms. The lowest BCUT2D eigenvalue weighted by Crippen LogP contribution is -2.18. The summed E-state index contributed by atoms with van der Waals surface area (Å²) in [4.78, 5) is 22.5. The van der Waals surface area contributed by atoms with E-state index in [1.54, 1.807) is 6.07 Å². The fourth-order valence-electron chi connectivity index (χ4n) is 4.67. The van der Waals surface area contributed by atoms with Crippen molar-refractivity contribution in [3.8, 4) is 0 Å². The molecule has 1 aliphatic heterocycles. The first-order chi connectivity index (χ1) is 15.9. The molecule has 33 heavy (non-hydrogen) atoms. The van der Waals surface area contributed by atoms with Crippen LogP contribution < -0.4 is 5.73 Å². The summed E-state index contributed by atoms with van der Waals surface area (Å²) in [5, 5.41) is 11.5. The molecule has 0 radical (unpaired) electrons. The van der Waals surface area contributed by atoms with Crippen LogP contribution in [0.1, 0.15) is 85.3 Å². The molecule has 6 nitrogen and oxygen atoms in total. The quantitative estimate of drug-likeness (QED) is 0.163. The molecular formula is C27H36N2O4. The van der Waals surface area contributed by atoms with Crippen molar-refractivity contribution in [1.29, 1.82) is 0 Å². The molecule has 2 N–H and O–H groups in total. The van der Waals surface area contributed by atoms with E-state index >= 15 is 0 Å². The van der Waals surface area contributed by atoms with Crippen LogP contribution >= 0.6 is 0 Å². The average Bonchev–Trinajstić information content (AvgIpc) is 3.57. The van der Waals surface area contributed by atoms with Crippen LogP contribution in [-0.4, -0.2) is 16.9 Å². The molecule has 2 aromatic carbocycles. The Balaban J connectivity index is 1.34. The number of carbonyl (C=O) groups excluding carboxylic acids is 1. The van der Waals surface area contributed by atoms with Crippen LogP contribution in [0.25, 0.3) is 0 Å². The maximum atomic E-state index is 11.5. The third-order valence-corrected chi connectivity index (χ3v) is 6.58. The van der Waals surface area contributed by atoms with Crippen molar-refractivity contribution >= 4 is 11.6 Å². The maximum absolute atomic E-state index is 11.5. The van der Waals surface area contributed by atoms with E-state index < -0.39 is 18.1 Å². The second-order valence-electron chi connectivity index (χ2n) is 9.24. The van der Waals surface area contributed by atoms with Crippen molar-refractivity contribution < 1.29 is 14.5 Å². The van der Waals surface area contributed by atoms with E-state index in [1.165, 1.54) is 54.9 Å². The number of primary amides is 1. The van der Waals surface area contributed by atoms with E-state index in [4.69, 9.17) is 10.5 Å². The summed E-state index contributed by atoms with van der Waals surface area (Å²) >= 11 is 0. The van der Waals surface area contributed by atoms with Crippen molar-refractivity contribution in [2.75, 3.05) is 0 Å². The smallest absolute Gasteiger partial charge is 0.272 e. The van der Waals surface area contributed by atoms with Gasteiger partial charge in [0.05, 0.1) is 4.92 Å². The number of unbranched alkanes of at least 4 members (excludes halogenated alkanes) is 7. The van der Waals surface area contributed by atoms with Gasteiger partial charge in [0.15, 0.2) is 6.10 Å². The number of benzene rings is 2. The Hall–Kier alpha value is -2.73. The Bertz CT molecular complexity index is 973. The molecule has 178 valence electrons. The molecule has 6 heteroatoms. The van der Waals surface area contributed by atoms with Crippen molar-refractivity contribution in [2.45, 2.75) is 90.3 Å². The van der Waals surface area contributed by atoms with Crippen LogP contribution in [0.2, 0.25) is 0 Å². The summed E-state index contributed by atoms with van der Waals surface area (Å²) in [5.74, 6) is -0.522. The number of epoxide rings is 1. The van der Waals surface area contributed by atoms with E-state index in [0.29, 0.717) is 12.0 Å². The Morgan fingerprint density at radius 1 is 0.970 bits per heavy atom. The normalized spacial score (nSPS) is 17.2. The molecular weight excluding hydrogens is 416 g/mol. The molecule has 0 aliphatic carbocycles. The number of hydrogen-bond donors (Lipinski definition) is 1. The molecule has 1 saturated heterocycles. The second kappa shape index (κ2) is 11.9. The Morgan fingerprint density at radius 3 is 2.18 bits per heavy atom. The molecule has 0 aromatic heterocycles. The predicted octanol–water partition coefficient (Wildman–Crippen LogP) is 6.04. The predicted molar refractivity (Wildman–Crippen MR) is 130 cm³/mol. The van der Waals surface area contributed by atoms with Gasteiger partial charge in [0, 0.05) is 11.6 Å². The summed E-state index contributed by atoms with van der Waals surface area (Å²) in [6.07, 6.45) is 9.92. The molecule has 1 fully saturated rings. The highest BCUT2D eigenvalue weighted by Gasteiger charge is 2.46. The highest BCUT2D eigenvalue weighted by molar-refractivity contribution is 5.82. The first-order valence-electron chi connectivity index (χ1n) is 12.2. The molecule has 0 bridgehead atoms. The van der Waals surface area contributed by atoms with Gasteiger partial charge in [0.25, 0.3) is 5.69 Å². The van der Waals surface area contributed by atoms with Crippen molar-refractivity contribution in [1.82, 2.24) is 0 Å². The molecule has 2 aromatic rings. The van der Waals surface area contributed by atoms with Crippen LogP contribution in [0.15, 0.2) is 36.4 Å². The fraction of sp³-hybridized carbons (Fsp3) is 0.519. The largest absolute Gasteiger partial charge is 0.367 e. The topological polar surface area (TPSA) is 98.8 Å². The van der Waals surface area contributed by atoms with E-state index in [2.05, 4.69) is 32.0 Å². The summed E-state index contributed by atoms with van der Waals surface area (Å²) < 4.78 is 5.37. The number of nitro groups is 1. The maximum Gasteiger partial charge on any atom is 0.272 e. The van der Waals surface area contributed by atoms with E-state index in [1.807, 2.05) is 6.07 Å². The average molecular weight is 453 g/mol. The first-order valence-corrected chi connectivity index (χ1v) is 12.2. The van der Waals surface area contributed by atoms with Gasteiger partial charge in [-0.15, -0.1) is 0 Å². The van der Waals surface area contributed by atoms with Gasteiger partial charge in [-0.05, 0) is 56.2 Å². The van der Waals surface area contributed by atoms with Crippen LogP contribution in [0.5, 0.6) is 0 Å². The number of nitrogens with two attached hydrogens (primary N) is 1. The highest BCUT2D eigenvalue weighted by Crippen LogP contribution is 2.42. The minimum atomic E-state index is -0.666. The van der Waals surface area contributed by atoms with Gasteiger partial charge in [0.2, 0.25) is 5.91 Å². The molecule has 2 unspecified atom stereocenters. The van der Waals surface area contributed by atoms with Crippen molar-refractivity contribution in [3.63, 3.8) is 0 Å². The number of hydrogen-bond acceptors (Lipinski definition) is 4. The van der Waals surface area contributed by atoms with E-state index in [9.17, 15) is 14.9 Å². The van der Waals surface area contributed by atoms with E-state index in [-0.39, 0.29) is 10.6 Å². The summed E-state index contributed by atoms with van der Waals surface area (Å²) in [5.41, 5.74) is 11.0. The van der Waals surface area contributed by atoms with Crippen molar-refractivity contribution in [2.24, 2.45) is 5.73 Å². The SMILES string of the molecule is Cc1ccc(CCCCCCCCCCc2c(C3OC3C(N)=O)cccc2[N+](=O)[O-])c(C)c1. The van der Waals surface area contributed by atoms with Gasteiger partial charge in [-0.3, -0.25) is 14.9 Å². The fourth-order valence-corrected chi connectivity index (χ4v) is 4.67. The third-order valence-electron chi connectivity index (χ3n) is 6.58. The number of carbonyl (C=O) groups is 1. The summed E-state index contributed by atoms with van der Waals surface area (Å²) in [7, 11) is 0. The van der Waals surface area contributed by atoms with Gasteiger partial charge >= 0.3 is 0 Å². The van der Waals surface area contributed by atoms with Gasteiger partial charge in [-0.25, -0.2) is 0 Å². The van der Waals surface area contributed by atoms with Gasteiger partial charge in [-0.1, -0.05) is 74.4 Å². The van der Waals surface area contributed by atoms with Gasteiger partial charge in [-0.2, -0.15) is 0 Å². The standard InChI is InChI=1S/C27H36N2O4/c1-19-16-17-21(20(2)18-19)12-9-7-5-3-4-6-8-10-13-22-23(25-26(33-25)27(28)30)14-11-15-24(22)29(31)32/h11,14-18,25-26H,3-10,12-13H2,1-2H3,(H2,28,30). The highest BCUT2D eigenvalue weighted by atomic mass is 16.6. The lowest BCUT2D eigenvalue weighted by molar-refractivity contribution is -0.385. The number of amides is 1. The molecule has 1 amide bonds. The minimum absolute atomic E-state index is 0.107. The lowest BCUT2D eigenvalue weighted by atomic mass is 9.95. The molecule has 3 rings (SSSR count). The zero-order valence-corrected chi connectivity index (χ0v) is 19.8. The first kappa shape index (κ1) is 24.9. The number of nitrogens with zero attached hydrogens (tertiary/aromatic N) is 1. The molecule has 1 heterocycles. The Morgan fingerprint density at radius 2 is 1.61 bits per heavy atom. The van der Waals surface area contributed by atoms with Crippen molar-refractivity contribution in [3.05, 3.63) is 74.3 Å². The molecule has 2 atom stereocenters. The van der Waals surface area contributed by atoms with Gasteiger partial charge < -0.3 is 10.5 Å². The number of rotatable bonds is 14. The number of ether oxygens (including phenoxy) is 1. The van der Waals surface area contributed by atoms with E-state index in [0.717, 1.165) is 31.2 Å².